The third-order valence-electron chi connectivity index (χ3n) is 2.60. The zero-order valence-corrected chi connectivity index (χ0v) is 7.06. The van der Waals surface area contributed by atoms with Crippen LogP contribution < -0.4 is 5.73 Å². The molecule has 1 aromatic heterocycles. The summed E-state index contributed by atoms with van der Waals surface area (Å²) < 4.78 is 2.09. The predicted molar refractivity (Wildman–Crippen MR) is 45.5 cm³/mol. The standard InChI is InChI=1S/C8H14N4/c9-7-1-3-8(4-2-7)12-5-10-11-6-12/h5-8H,1-4,9H2. The van der Waals surface area contributed by atoms with Crippen molar-refractivity contribution in [3.05, 3.63) is 12.7 Å². The molecule has 0 unspecified atom stereocenters. The highest BCUT2D eigenvalue weighted by atomic mass is 15.2. The van der Waals surface area contributed by atoms with Gasteiger partial charge < -0.3 is 10.3 Å². The smallest absolute Gasteiger partial charge is 0.119 e. The van der Waals surface area contributed by atoms with E-state index in [0.717, 1.165) is 12.8 Å². The summed E-state index contributed by atoms with van der Waals surface area (Å²) in [5.74, 6) is 0. The molecule has 0 saturated heterocycles. The zero-order chi connectivity index (χ0) is 8.39. The minimum Gasteiger partial charge on any atom is -0.328 e. The van der Waals surface area contributed by atoms with Crippen molar-refractivity contribution in [1.29, 1.82) is 0 Å². The third-order valence-corrected chi connectivity index (χ3v) is 2.60. The van der Waals surface area contributed by atoms with Crippen molar-refractivity contribution in [3.63, 3.8) is 0 Å². The maximum atomic E-state index is 5.81. The molecule has 0 aliphatic heterocycles. The molecule has 12 heavy (non-hydrogen) atoms. The number of aromatic nitrogens is 3. The van der Waals surface area contributed by atoms with Crippen LogP contribution in [0.2, 0.25) is 0 Å². The lowest BCUT2D eigenvalue weighted by atomic mass is 9.92. The molecule has 0 radical (unpaired) electrons. The van der Waals surface area contributed by atoms with E-state index in [1.165, 1.54) is 12.8 Å². The van der Waals surface area contributed by atoms with Gasteiger partial charge in [-0.05, 0) is 25.7 Å². The lowest BCUT2D eigenvalue weighted by Gasteiger charge is -2.26. The van der Waals surface area contributed by atoms with E-state index >= 15 is 0 Å². The molecule has 1 heterocycles. The van der Waals surface area contributed by atoms with Gasteiger partial charge >= 0.3 is 0 Å². The first-order valence-corrected chi connectivity index (χ1v) is 4.46. The van der Waals surface area contributed by atoms with Gasteiger partial charge in [-0.25, -0.2) is 0 Å². The Hall–Kier alpha value is -0.900. The molecule has 4 heteroatoms. The highest BCUT2D eigenvalue weighted by Crippen LogP contribution is 2.26. The summed E-state index contributed by atoms with van der Waals surface area (Å²) in [6.45, 7) is 0. The molecule has 0 spiro atoms. The minimum atomic E-state index is 0.415. The second kappa shape index (κ2) is 3.23. The fraction of sp³-hybridized carbons (Fsp3) is 0.750. The van der Waals surface area contributed by atoms with Crippen LogP contribution in [0.1, 0.15) is 31.7 Å². The van der Waals surface area contributed by atoms with E-state index in [2.05, 4.69) is 14.8 Å². The zero-order valence-electron chi connectivity index (χ0n) is 7.06. The summed E-state index contributed by atoms with van der Waals surface area (Å²) in [7, 11) is 0. The van der Waals surface area contributed by atoms with E-state index in [9.17, 15) is 0 Å². The van der Waals surface area contributed by atoms with E-state index < -0.39 is 0 Å². The lowest BCUT2D eigenvalue weighted by Crippen LogP contribution is -2.27. The van der Waals surface area contributed by atoms with E-state index in [-0.39, 0.29) is 0 Å². The number of hydrogen-bond donors (Lipinski definition) is 1. The second-order valence-electron chi connectivity index (χ2n) is 3.48. The summed E-state index contributed by atoms with van der Waals surface area (Å²) in [5.41, 5.74) is 5.81. The second-order valence-corrected chi connectivity index (χ2v) is 3.48. The highest BCUT2D eigenvalue weighted by molar-refractivity contribution is 4.80. The third kappa shape index (κ3) is 1.48. The quantitative estimate of drug-likeness (QED) is 0.668. The Morgan fingerprint density at radius 1 is 1.08 bits per heavy atom. The maximum Gasteiger partial charge on any atom is 0.119 e. The molecule has 2 N–H and O–H groups in total. The van der Waals surface area contributed by atoms with E-state index in [4.69, 9.17) is 5.73 Å². The number of nitrogens with two attached hydrogens (primary N) is 1. The Morgan fingerprint density at radius 2 is 1.67 bits per heavy atom. The SMILES string of the molecule is NC1CCC(n2cnnc2)CC1. The molecule has 0 bridgehead atoms. The molecule has 1 aliphatic rings. The van der Waals surface area contributed by atoms with Gasteiger partial charge in [0.2, 0.25) is 0 Å². The van der Waals surface area contributed by atoms with Crippen LogP contribution in [0.4, 0.5) is 0 Å². The highest BCUT2D eigenvalue weighted by Gasteiger charge is 2.19. The largest absolute Gasteiger partial charge is 0.328 e. The van der Waals surface area contributed by atoms with Crippen molar-refractivity contribution >= 4 is 0 Å². The Balaban J connectivity index is 1.99. The molecule has 2 rings (SSSR count). The van der Waals surface area contributed by atoms with E-state index in [1.807, 2.05) is 0 Å². The number of hydrogen-bond acceptors (Lipinski definition) is 3. The number of nitrogens with zero attached hydrogens (tertiary/aromatic N) is 3. The van der Waals surface area contributed by atoms with Gasteiger partial charge in [-0.15, -0.1) is 10.2 Å². The molecule has 1 saturated carbocycles. The van der Waals surface area contributed by atoms with Gasteiger partial charge in [0.15, 0.2) is 0 Å². The molecular formula is C8H14N4. The van der Waals surface area contributed by atoms with Crippen LogP contribution >= 0.6 is 0 Å². The Morgan fingerprint density at radius 3 is 2.25 bits per heavy atom. The van der Waals surface area contributed by atoms with Crippen LogP contribution in [0.3, 0.4) is 0 Å². The van der Waals surface area contributed by atoms with Gasteiger partial charge in [-0.2, -0.15) is 0 Å². The fourth-order valence-corrected chi connectivity index (χ4v) is 1.80. The van der Waals surface area contributed by atoms with Gasteiger partial charge in [-0.1, -0.05) is 0 Å². The first kappa shape index (κ1) is 7.73. The van der Waals surface area contributed by atoms with Gasteiger partial charge in [0.05, 0.1) is 0 Å². The van der Waals surface area contributed by atoms with Gasteiger partial charge in [0.1, 0.15) is 12.7 Å². The van der Waals surface area contributed by atoms with Crippen molar-refractivity contribution in [2.75, 3.05) is 0 Å². The number of rotatable bonds is 1. The maximum absolute atomic E-state index is 5.81. The topological polar surface area (TPSA) is 56.7 Å². The molecule has 66 valence electrons. The van der Waals surface area contributed by atoms with Crippen LogP contribution in [-0.4, -0.2) is 20.8 Å². The van der Waals surface area contributed by atoms with Crippen molar-refractivity contribution in [2.24, 2.45) is 5.73 Å². The first-order chi connectivity index (χ1) is 5.86. The molecule has 1 fully saturated rings. The first-order valence-electron chi connectivity index (χ1n) is 4.46. The normalized spacial score (nSPS) is 30.4. The minimum absolute atomic E-state index is 0.415. The Labute approximate surface area is 71.8 Å². The van der Waals surface area contributed by atoms with Gasteiger partial charge in [0.25, 0.3) is 0 Å². The molecule has 1 aliphatic carbocycles. The molecule has 1 aromatic rings. The molecule has 0 aromatic carbocycles. The average Bonchev–Trinajstić information content (AvgIpc) is 2.58. The van der Waals surface area contributed by atoms with Gasteiger partial charge in [0, 0.05) is 12.1 Å². The van der Waals surface area contributed by atoms with Crippen LogP contribution in [0.25, 0.3) is 0 Å². The molecular weight excluding hydrogens is 152 g/mol. The summed E-state index contributed by atoms with van der Waals surface area (Å²) >= 11 is 0. The van der Waals surface area contributed by atoms with Gasteiger partial charge in [-0.3, -0.25) is 0 Å². The summed E-state index contributed by atoms with van der Waals surface area (Å²) in [4.78, 5) is 0. The van der Waals surface area contributed by atoms with Crippen molar-refractivity contribution < 1.29 is 0 Å². The lowest BCUT2D eigenvalue weighted by molar-refractivity contribution is 0.323. The average molecular weight is 166 g/mol. The molecule has 4 nitrogen and oxygen atoms in total. The summed E-state index contributed by atoms with van der Waals surface area (Å²) in [5, 5.41) is 7.60. The van der Waals surface area contributed by atoms with Crippen molar-refractivity contribution in [1.82, 2.24) is 14.8 Å². The monoisotopic (exact) mass is 166 g/mol. The van der Waals surface area contributed by atoms with Crippen LogP contribution in [0, 0.1) is 0 Å². The van der Waals surface area contributed by atoms with Crippen molar-refractivity contribution in [2.45, 2.75) is 37.8 Å². The summed E-state index contributed by atoms with van der Waals surface area (Å²) in [6, 6.07) is 0.998. The van der Waals surface area contributed by atoms with Crippen LogP contribution in [0.15, 0.2) is 12.7 Å². The summed E-state index contributed by atoms with van der Waals surface area (Å²) in [6.07, 6.45) is 8.17. The van der Waals surface area contributed by atoms with E-state index in [0.29, 0.717) is 12.1 Å². The Bertz CT molecular complexity index is 223. The molecule has 0 atom stereocenters. The Kier molecular flexibility index (Phi) is 2.08. The van der Waals surface area contributed by atoms with Crippen LogP contribution in [0.5, 0.6) is 0 Å². The fourth-order valence-electron chi connectivity index (χ4n) is 1.80. The van der Waals surface area contributed by atoms with E-state index in [1.54, 1.807) is 12.7 Å². The van der Waals surface area contributed by atoms with Crippen LogP contribution in [-0.2, 0) is 0 Å². The predicted octanol–water partition coefficient (Wildman–Crippen LogP) is 0.720. The van der Waals surface area contributed by atoms with Crippen molar-refractivity contribution in [3.8, 4) is 0 Å². The molecule has 0 amide bonds.